The molecule has 0 atom stereocenters. The van der Waals surface area contributed by atoms with E-state index < -0.39 is 6.61 Å². The molecule has 0 unspecified atom stereocenters. The second-order valence-electron chi connectivity index (χ2n) is 5.86. The molecule has 28 heavy (non-hydrogen) atoms. The summed E-state index contributed by atoms with van der Waals surface area (Å²) in [5.74, 6) is 0.829. The van der Waals surface area contributed by atoms with E-state index in [4.69, 9.17) is 10.5 Å². The van der Waals surface area contributed by atoms with E-state index >= 15 is 0 Å². The molecule has 3 aromatic heterocycles. The first kappa shape index (κ1) is 18.4. The van der Waals surface area contributed by atoms with Gasteiger partial charge in [0.2, 0.25) is 0 Å². The van der Waals surface area contributed by atoms with Gasteiger partial charge in [-0.3, -0.25) is 0 Å². The quantitative estimate of drug-likeness (QED) is 0.690. The summed E-state index contributed by atoms with van der Waals surface area (Å²) in [6, 6.07) is 3.17. The maximum atomic E-state index is 12.6. The number of alkyl halides is 2. The van der Waals surface area contributed by atoms with Crippen LogP contribution < -0.4 is 15.4 Å². The Morgan fingerprint density at radius 1 is 1.18 bits per heavy atom. The number of nitrogens with zero attached hydrogens (tertiary/aromatic N) is 5. The van der Waals surface area contributed by atoms with Gasteiger partial charge in [0, 0.05) is 42.5 Å². The third kappa shape index (κ3) is 3.99. The Balaban J connectivity index is 1.78. The molecule has 146 valence electrons. The van der Waals surface area contributed by atoms with Crippen LogP contribution in [0.25, 0.3) is 22.1 Å². The normalized spacial score (nSPS) is 14.5. The minimum atomic E-state index is -3.00. The number of morpholine rings is 1. The molecule has 0 amide bonds. The standard InChI is InChI=1S/C17H16F2N6O2S/c18-17(19)27-12-7-10(9-22-14(12)20)11-8-13(25-2-4-26-5-3-25)24-15(23-11)16-21-1-6-28-16/h1,6-9,17H,2-5H2,(H2,20,22). The molecule has 0 bridgehead atoms. The number of pyridine rings is 1. The molecule has 8 nitrogen and oxygen atoms in total. The van der Waals surface area contributed by atoms with Crippen LogP contribution >= 0.6 is 11.3 Å². The van der Waals surface area contributed by atoms with Crippen LogP contribution in [-0.4, -0.2) is 52.9 Å². The van der Waals surface area contributed by atoms with Crippen molar-refractivity contribution in [2.24, 2.45) is 0 Å². The average Bonchev–Trinajstić information content (AvgIpc) is 3.25. The fourth-order valence-corrected chi connectivity index (χ4v) is 3.32. The molecule has 1 fully saturated rings. The minimum Gasteiger partial charge on any atom is -0.431 e. The highest BCUT2D eigenvalue weighted by Crippen LogP contribution is 2.31. The van der Waals surface area contributed by atoms with Crippen molar-refractivity contribution in [1.29, 1.82) is 0 Å². The molecule has 11 heteroatoms. The van der Waals surface area contributed by atoms with Gasteiger partial charge in [-0.2, -0.15) is 8.78 Å². The van der Waals surface area contributed by atoms with E-state index in [0.717, 1.165) is 0 Å². The van der Waals surface area contributed by atoms with Crippen molar-refractivity contribution in [2.75, 3.05) is 36.9 Å². The Kier molecular flexibility index (Phi) is 5.26. The molecule has 0 aromatic carbocycles. The van der Waals surface area contributed by atoms with Crippen molar-refractivity contribution >= 4 is 23.0 Å². The number of ether oxygens (including phenoxy) is 2. The zero-order chi connectivity index (χ0) is 19.5. The van der Waals surface area contributed by atoms with Gasteiger partial charge in [0.15, 0.2) is 22.4 Å². The molecule has 2 N–H and O–H groups in total. The molecule has 0 saturated carbocycles. The first-order valence-corrected chi connectivity index (χ1v) is 9.30. The molecule has 0 aliphatic carbocycles. The topological polar surface area (TPSA) is 99.3 Å². The first-order valence-electron chi connectivity index (χ1n) is 8.42. The maximum absolute atomic E-state index is 12.6. The monoisotopic (exact) mass is 406 g/mol. The van der Waals surface area contributed by atoms with Crippen LogP contribution in [0.15, 0.2) is 29.9 Å². The third-order valence-electron chi connectivity index (χ3n) is 4.06. The van der Waals surface area contributed by atoms with Crippen LogP contribution in [0.1, 0.15) is 0 Å². The maximum Gasteiger partial charge on any atom is 0.387 e. The fourth-order valence-electron chi connectivity index (χ4n) is 2.75. The summed E-state index contributed by atoms with van der Waals surface area (Å²) >= 11 is 1.41. The Hall–Kier alpha value is -2.92. The number of thiazole rings is 1. The zero-order valence-corrected chi connectivity index (χ0v) is 15.4. The highest BCUT2D eigenvalue weighted by molar-refractivity contribution is 7.13. The van der Waals surface area contributed by atoms with Crippen LogP contribution in [0.5, 0.6) is 5.75 Å². The zero-order valence-electron chi connectivity index (χ0n) is 14.6. The van der Waals surface area contributed by atoms with Crippen molar-refractivity contribution in [1.82, 2.24) is 19.9 Å². The number of nitrogen functional groups attached to an aromatic ring is 1. The summed E-state index contributed by atoms with van der Waals surface area (Å²) in [7, 11) is 0. The highest BCUT2D eigenvalue weighted by atomic mass is 32.1. The Labute approximate surface area is 163 Å². The lowest BCUT2D eigenvalue weighted by Crippen LogP contribution is -2.36. The van der Waals surface area contributed by atoms with Gasteiger partial charge in [-0.05, 0) is 6.07 Å². The van der Waals surface area contributed by atoms with Crippen LogP contribution in [0.3, 0.4) is 0 Å². The number of aromatic nitrogens is 4. The molecule has 1 aliphatic rings. The molecular weight excluding hydrogens is 390 g/mol. The smallest absolute Gasteiger partial charge is 0.387 e. The summed E-state index contributed by atoms with van der Waals surface area (Å²) in [6.07, 6.45) is 3.13. The third-order valence-corrected chi connectivity index (χ3v) is 4.83. The first-order chi connectivity index (χ1) is 13.6. The van der Waals surface area contributed by atoms with Gasteiger partial charge in [0.1, 0.15) is 5.82 Å². The van der Waals surface area contributed by atoms with Crippen LogP contribution in [0.4, 0.5) is 20.4 Å². The van der Waals surface area contributed by atoms with Gasteiger partial charge in [-0.1, -0.05) is 0 Å². The molecule has 1 aliphatic heterocycles. The van der Waals surface area contributed by atoms with Crippen molar-refractivity contribution < 1.29 is 18.3 Å². The molecule has 3 aromatic rings. The molecule has 1 saturated heterocycles. The fraction of sp³-hybridized carbons (Fsp3) is 0.294. The molecular formula is C17H16F2N6O2S. The summed E-state index contributed by atoms with van der Waals surface area (Å²) in [5.41, 5.74) is 6.63. The van der Waals surface area contributed by atoms with Crippen LogP contribution in [0.2, 0.25) is 0 Å². The molecule has 0 radical (unpaired) electrons. The van der Waals surface area contributed by atoms with Crippen LogP contribution in [-0.2, 0) is 4.74 Å². The van der Waals surface area contributed by atoms with Crippen LogP contribution in [0, 0.1) is 0 Å². The predicted molar refractivity (Wildman–Crippen MR) is 100 cm³/mol. The van der Waals surface area contributed by atoms with Gasteiger partial charge >= 0.3 is 6.61 Å². The van der Waals surface area contributed by atoms with E-state index in [2.05, 4.69) is 29.6 Å². The van der Waals surface area contributed by atoms with Gasteiger partial charge in [-0.25, -0.2) is 19.9 Å². The minimum absolute atomic E-state index is 0.119. The lowest BCUT2D eigenvalue weighted by molar-refractivity contribution is -0.0494. The van der Waals surface area contributed by atoms with E-state index in [0.29, 0.717) is 54.2 Å². The van der Waals surface area contributed by atoms with Gasteiger partial charge in [0.05, 0.1) is 18.9 Å². The average molecular weight is 406 g/mol. The second-order valence-corrected chi connectivity index (χ2v) is 6.75. The molecule has 0 spiro atoms. The lowest BCUT2D eigenvalue weighted by Gasteiger charge is -2.28. The molecule has 4 rings (SSSR count). The lowest BCUT2D eigenvalue weighted by atomic mass is 10.2. The summed E-state index contributed by atoms with van der Waals surface area (Å²) < 4.78 is 35.1. The van der Waals surface area contributed by atoms with E-state index in [1.54, 1.807) is 12.3 Å². The largest absolute Gasteiger partial charge is 0.431 e. The van der Waals surface area contributed by atoms with Crippen molar-refractivity contribution in [3.8, 4) is 27.8 Å². The van der Waals surface area contributed by atoms with E-state index in [-0.39, 0.29) is 11.6 Å². The summed E-state index contributed by atoms with van der Waals surface area (Å²) in [4.78, 5) is 19.5. The van der Waals surface area contributed by atoms with E-state index in [1.165, 1.54) is 23.6 Å². The van der Waals surface area contributed by atoms with Crippen molar-refractivity contribution in [2.45, 2.75) is 6.61 Å². The second kappa shape index (κ2) is 7.98. The highest BCUT2D eigenvalue weighted by Gasteiger charge is 2.18. The Morgan fingerprint density at radius 2 is 2.00 bits per heavy atom. The molecule has 4 heterocycles. The SMILES string of the molecule is Nc1ncc(-c2cc(N3CCOCC3)nc(-c3nccs3)n2)cc1OC(F)F. The summed E-state index contributed by atoms with van der Waals surface area (Å²) in [5, 5.41) is 2.49. The van der Waals surface area contributed by atoms with Gasteiger partial charge in [-0.15, -0.1) is 11.3 Å². The number of rotatable bonds is 5. The predicted octanol–water partition coefficient (Wildman–Crippen LogP) is 2.68. The number of anilines is 2. The van der Waals surface area contributed by atoms with Gasteiger partial charge in [0.25, 0.3) is 0 Å². The number of hydrogen-bond acceptors (Lipinski definition) is 9. The Morgan fingerprint density at radius 3 is 2.71 bits per heavy atom. The summed E-state index contributed by atoms with van der Waals surface area (Å²) in [6.45, 7) is -0.427. The van der Waals surface area contributed by atoms with Gasteiger partial charge < -0.3 is 20.1 Å². The van der Waals surface area contributed by atoms with Crippen molar-refractivity contribution in [3.05, 3.63) is 29.9 Å². The van der Waals surface area contributed by atoms with Crippen molar-refractivity contribution in [3.63, 3.8) is 0 Å². The Bertz CT molecular complexity index is 951. The van der Waals surface area contributed by atoms with E-state index in [9.17, 15) is 8.78 Å². The number of nitrogens with two attached hydrogens (primary N) is 1. The number of halogens is 2. The van der Waals surface area contributed by atoms with E-state index in [1.807, 2.05) is 5.38 Å². The number of hydrogen-bond donors (Lipinski definition) is 1.